The Morgan fingerprint density at radius 2 is 2.00 bits per heavy atom. The van der Waals surface area contributed by atoms with Gasteiger partial charge in [-0.2, -0.15) is 0 Å². The number of piperidine rings is 1. The van der Waals surface area contributed by atoms with Gasteiger partial charge >= 0.3 is 0 Å². The fourth-order valence-electron chi connectivity index (χ4n) is 3.37. The standard InChI is InChI=1S/C14H27N3O3S/c1-11(12-3-6-15-7-4-12)9-14(18)17-8-5-13(10-17)16-21(2,19)20/h11-13,15-16H,3-10H2,1-2H3. The second kappa shape index (κ2) is 7.07. The van der Waals surface area contributed by atoms with Crippen LogP contribution in [0.15, 0.2) is 0 Å². The number of carbonyl (C=O) groups excluding carboxylic acids is 1. The van der Waals surface area contributed by atoms with E-state index in [1.807, 2.05) is 0 Å². The maximum Gasteiger partial charge on any atom is 0.222 e. The van der Waals surface area contributed by atoms with Gasteiger partial charge in [0.2, 0.25) is 15.9 Å². The van der Waals surface area contributed by atoms with Gasteiger partial charge in [0.15, 0.2) is 0 Å². The fraction of sp³-hybridized carbons (Fsp3) is 0.929. The normalized spacial score (nSPS) is 26.0. The molecule has 2 saturated heterocycles. The lowest BCUT2D eigenvalue weighted by Gasteiger charge is -2.29. The molecule has 2 rings (SSSR count). The van der Waals surface area contributed by atoms with Crippen LogP contribution in [0.4, 0.5) is 0 Å². The molecule has 2 aliphatic rings. The van der Waals surface area contributed by atoms with Crippen LogP contribution in [-0.2, 0) is 14.8 Å². The van der Waals surface area contributed by atoms with E-state index >= 15 is 0 Å². The van der Waals surface area contributed by atoms with Crippen LogP contribution in [0.5, 0.6) is 0 Å². The van der Waals surface area contributed by atoms with Crippen LogP contribution >= 0.6 is 0 Å². The number of hydrogen-bond donors (Lipinski definition) is 2. The van der Waals surface area contributed by atoms with Crippen LogP contribution in [0.2, 0.25) is 0 Å². The van der Waals surface area contributed by atoms with Gasteiger partial charge in [-0.05, 0) is 44.2 Å². The van der Waals surface area contributed by atoms with Gasteiger partial charge in [-0.3, -0.25) is 4.79 Å². The van der Waals surface area contributed by atoms with E-state index < -0.39 is 10.0 Å². The Morgan fingerprint density at radius 3 is 2.62 bits per heavy atom. The number of carbonyl (C=O) groups is 1. The largest absolute Gasteiger partial charge is 0.341 e. The molecule has 0 spiro atoms. The number of amides is 1. The maximum atomic E-state index is 12.3. The Morgan fingerprint density at radius 1 is 1.33 bits per heavy atom. The van der Waals surface area contributed by atoms with Crippen molar-refractivity contribution in [3.63, 3.8) is 0 Å². The van der Waals surface area contributed by atoms with Gasteiger partial charge < -0.3 is 10.2 Å². The van der Waals surface area contributed by atoms with E-state index in [1.54, 1.807) is 4.90 Å². The summed E-state index contributed by atoms with van der Waals surface area (Å²) in [6.45, 7) is 5.42. The zero-order valence-electron chi connectivity index (χ0n) is 13.0. The second-order valence-corrected chi connectivity index (χ2v) is 8.26. The predicted octanol–water partition coefficient (Wildman–Crippen LogP) is 0.162. The summed E-state index contributed by atoms with van der Waals surface area (Å²) < 4.78 is 25.0. The Hall–Kier alpha value is -0.660. The molecule has 2 unspecified atom stereocenters. The van der Waals surface area contributed by atoms with Crippen LogP contribution in [-0.4, -0.2) is 57.7 Å². The summed E-state index contributed by atoms with van der Waals surface area (Å²) in [5, 5.41) is 3.35. The van der Waals surface area contributed by atoms with E-state index in [1.165, 1.54) is 0 Å². The average molecular weight is 317 g/mol. The molecule has 122 valence electrons. The highest BCUT2D eigenvalue weighted by Crippen LogP contribution is 2.25. The Balaban J connectivity index is 1.78. The quantitative estimate of drug-likeness (QED) is 0.757. The lowest BCUT2D eigenvalue weighted by Crippen LogP contribution is -2.39. The summed E-state index contributed by atoms with van der Waals surface area (Å²) in [5.41, 5.74) is 0. The number of likely N-dealkylation sites (tertiary alicyclic amines) is 1. The van der Waals surface area contributed by atoms with Gasteiger partial charge in [0.25, 0.3) is 0 Å². The number of sulfonamides is 1. The molecule has 0 saturated carbocycles. The highest BCUT2D eigenvalue weighted by Gasteiger charge is 2.30. The molecular formula is C14H27N3O3S. The van der Waals surface area contributed by atoms with Gasteiger partial charge in [0.1, 0.15) is 0 Å². The molecule has 0 bridgehead atoms. The summed E-state index contributed by atoms with van der Waals surface area (Å²) >= 11 is 0. The van der Waals surface area contributed by atoms with Crippen molar-refractivity contribution in [2.75, 3.05) is 32.4 Å². The monoisotopic (exact) mass is 317 g/mol. The second-order valence-electron chi connectivity index (χ2n) is 6.48. The molecule has 1 amide bonds. The predicted molar refractivity (Wildman–Crippen MR) is 82.3 cm³/mol. The third kappa shape index (κ3) is 5.23. The first kappa shape index (κ1) is 16.7. The molecule has 2 atom stereocenters. The van der Waals surface area contributed by atoms with Gasteiger partial charge in [-0.25, -0.2) is 13.1 Å². The van der Waals surface area contributed by atoms with Crippen molar-refractivity contribution in [2.24, 2.45) is 11.8 Å². The van der Waals surface area contributed by atoms with Crippen LogP contribution in [0.3, 0.4) is 0 Å². The first-order chi connectivity index (χ1) is 9.85. The van der Waals surface area contributed by atoms with Gasteiger partial charge in [0.05, 0.1) is 6.26 Å². The first-order valence-corrected chi connectivity index (χ1v) is 9.70. The Bertz CT molecular complexity index is 460. The van der Waals surface area contributed by atoms with Gasteiger partial charge in [-0.1, -0.05) is 6.92 Å². The van der Waals surface area contributed by atoms with Crippen molar-refractivity contribution >= 4 is 15.9 Å². The SMILES string of the molecule is CC(CC(=O)N1CCC(NS(C)(=O)=O)C1)C1CCNCC1. The van der Waals surface area contributed by atoms with Crippen LogP contribution < -0.4 is 10.0 Å². The van der Waals surface area contributed by atoms with Crippen molar-refractivity contribution in [2.45, 2.75) is 38.6 Å². The summed E-state index contributed by atoms with van der Waals surface area (Å²) in [6.07, 6.45) is 4.74. The van der Waals surface area contributed by atoms with Crippen molar-refractivity contribution in [3.8, 4) is 0 Å². The van der Waals surface area contributed by atoms with E-state index in [0.29, 0.717) is 37.8 Å². The van der Waals surface area contributed by atoms with Gasteiger partial charge in [-0.15, -0.1) is 0 Å². The Labute approximate surface area is 127 Å². The molecule has 0 aliphatic carbocycles. The minimum atomic E-state index is -3.19. The number of nitrogens with one attached hydrogen (secondary N) is 2. The Kier molecular flexibility index (Phi) is 5.62. The number of rotatable bonds is 5. The summed E-state index contributed by atoms with van der Waals surface area (Å²) in [6, 6.07) is -0.127. The topological polar surface area (TPSA) is 78.5 Å². The molecule has 2 N–H and O–H groups in total. The molecule has 0 aromatic heterocycles. The lowest BCUT2D eigenvalue weighted by molar-refractivity contribution is -0.131. The molecule has 7 heteroatoms. The molecule has 2 aliphatic heterocycles. The molecule has 0 radical (unpaired) electrons. The summed E-state index contributed by atoms with van der Waals surface area (Å²) in [4.78, 5) is 14.1. The van der Waals surface area contributed by atoms with E-state index in [4.69, 9.17) is 0 Å². The smallest absolute Gasteiger partial charge is 0.222 e. The fourth-order valence-corrected chi connectivity index (χ4v) is 4.17. The molecule has 0 aromatic rings. The zero-order valence-corrected chi connectivity index (χ0v) is 13.8. The highest BCUT2D eigenvalue weighted by atomic mass is 32.2. The third-order valence-corrected chi connectivity index (χ3v) is 5.37. The molecule has 0 aromatic carbocycles. The van der Waals surface area contributed by atoms with E-state index in [9.17, 15) is 13.2 Å². The molecule has 2 fully saturated rings. The highest BCUT2D eigenvalue weighted by molar-refractivity contribution is 7.88. The zero-order chi connectivity index (χ0) is 15.5. The first-order valence-electron chi connectivity index (χ1n) is 7.81. The van der Waals surface area contributed by atoms with Crippen LogP contribution in [0.1, 0.15) is 32.6 Å². The number of hydrogen-bond acceptors (Lipinski definition) is 4. The van der Waals surface area contributed by atoms with Crippen LogP contribution in [0.25, 0.3) is 0 Å². The van der Waals surface area contributed by atoms with Crippen LogP contribution in [0, 0.1) is 11.8 Å². The number of nitrogens with zero attached hydrogens (tertiary/aromatic N) is 1. The van der Waals surface area contributed by atoms with Crippen molar-refractivity contribution in [1.29, 1.82) is 0 Å². The minimum absolute atomic E-state index is 0.127. The maximum absolute atomic E-state index is 12.3. The van der Waals surface area contributed by atoms with Crippen molar-refractivity contribution < 1.29 is 13.2 Å². The van der Waals surface area contributed by atoms with E-state index in [2.05, 4.69) is 17.0 Å². The lowest BCUT2D eigenvalue weighted by atomic mass is 9.84. The van der Waals surface area contributed by atoms with Crippen molar-refractivity contribution in [1.82, 2.24) is 14.9 Å². The van der Waals surface area contributed by atoms with E-state index in [0.717, 1.165) is 32.2 Å². The molecular weight excluding hydrogens is 290 g/mol. The van der Waals surface area contributed by atoms with Crippen molar-refractivity contribution in [3.05, 3.63) is 0 Å². The summed E-state index contributed by atoms with van der Waals surface area (Å²) in [7, 11) is -3.19. The van der Waals surface area contributed by atoms with E-state index in [-0.39, 0.29) is 11.9 Å². The molecule has 21 heavy (non-hydrogen) atoms. The average Bonchev–Trinajstić information content (AvgIpc) is 2.86. The van der Waals surface area contributed by atoms with Gasteiger partial charge in [0, 0.05) is 25.6 Å². The minimum Gasteiger partial charge on any atom is -0.341 e. The third-order valence-electron chi connectivity index (χ3n) is 4.61. The summed E-state index contributed by atoms with van der Waals surface area (Å²) in [5.74, 6) is 1.20. The molecule has 6 nitrogen and oxygen atoms in total. The molecule has 2 heterocycles.